The van der Waals surface area contributed by atoms with Gasteiger partial charge in [0.1, 0.15) is 0 Å². The maximum absolute atomic E-state index is 13.6. The van der Waals surface area contributed by atoms with Gasteiger partial charge in [0, 0.05) is 30.3 Å². The van der Waals surface area contributed by atoms with Gasteiger partial charge in [-0.05, 0) is 88.4 Å². The summed E-state index contributed by atoms with van der Waals surface area (Å²) in [7, 11) is 0. The Bertz CT molecular complexity index is 880. The number of aliphatic hydroxyl groups is 1. The number of carbonyl (C=O) groups excluding carboxylic acids is 1. The molecule has 0 radical (unpaired) electrons. The first kappa shape index (κ1) is 18.8. The number of fused-ring (bicyclic) bond motifs is 1. The van der Waals surface area contributed by atoms with Gasteiger partial charge in [-0.1, -0.05) is 0 Å². The van der Waals surface area contributed by atoms with E-state index in [-0.39, 0.29) is 5.91 Å². The van der Waals surface area contributed by atoms with Crippen molar-refractivity contribution < 1.29 is 14.6 Å². The monoisotopic (exact) mass is 416 g/mol. The third kappa shape index (κ3) is 3.17. The Morgan fingerprint density at radius 3 is 2.66 bits per heavy atom. The van der Waals surface area contributed by atoms with Crippen LogP contribution in [-0.4, -0.2) is 34.4 Å². The van der Waals surface area contributed by atoms with E-state index < -0.39 is 11.0 Å². The molecule has 1 amide bonds. The lowest BCUT2D eigenvalue weighted by Gasteiger charge is -2.58. The Morgan fingerprint density at radius 2 is 1.93 bits per heavy atom. The molecule has 0 aromatic carbocycles. The molecule has 6 heteroatoms. The molecule has 1 aliphatic heterocycles. The number of ether oxygens (including phenoxy) is 1. The van der Waals surface area contributed by atoms with Gasteiger partial charge in [0.05, 0.1) is 11.0 Å². The maximum Gasteiger partial charge on any atom is 0.254 e. The van der Waals surface area contributed by atoms with Crippen molar-refractivity contribution in [3.63, 3.8) is 0 Å². The molecule has 7 rings (SSSR count). The summed E-state index contributed by atoms with van der Waals surface area (Å²) < 4.78 is 7.93. The van der Waals surface area contributed by atoms with Crippen LogP contribution in [0.4, 0.5) is 0 Å². The SMILES string of the molecule is O=C(/N=c1\sc2c(n1CC1CCOCC1)CCC2)C12CC3CC(CC(O)(C3)C1)C2. The van der Waals surface area contributed by atoms with E-state index in [1.807, 2.05) is 0 Å². The van der Waals surface area contributed by atoms with E-state index in [0.717, 1.165) is 75.9 Å². The lowest BCUT2D eigenvalue weighted by molar-refractivity contribution is -0.175. The highest BCUT2D eigenvalue weighted by atomic mass is 32.1. The Hall–Kier alpha value is -0.980. The van der Waals surface area contributed by atoms with Crippen LogP contribution in [0.5, 0.6) is 0 Å². The van der Waals surface area contributed by atoms with Crippen LogP contribution >= 0.6 is 11.3 Å². The number of nitrogens with zero attached hydrogens (tertiary/aromatic N) is 2. The van der Waals surface area contributed by atoms with Gasteiger partial charge < -0.3 is 14.4 Å². The first-order chi connectivity index (χ1) is 14.0. The van der Waals surface area contributed by atoms with Crippen molar-refractivity contribution in [1.82, 2.24) is 4.57 Å². The quantitative estimate of drug-likeness (QED) is 0.823. The summed E-state index contributed by atoms with van der Waals surface area (Å²) in [6.07, 6.45) is 11.2. The van der Waals surface area contributed by atoms with E-state index in [0.29, 0.717) is 24.2 Å². The Kier molecular flexibility index (Phi) is 4.37. The summed E-state index contributed by atoms with van der Waals surface area (Å²) in [5.41, 5.74) is 0.422. The number of carbonyl (C=O) groups is 1. The van der Waals surface area contributed by atoms with Gasteiger partial charge >= 0.3 is 0 Å². The van der Waals surface area contributed by atoms with Crippen molar-refractivity contribution in [2.45, 2.75) is 82.8 Å². The van der Waals surface area contributed by atoms with Crippen LogP contribution in [0.2, 0.25) is 0 Å². The molecule has 4 bridgehead atoms. The summed E-state index contributed by atoms with van der Waals surface area (Å²) in [4.78, 5) is 20.7. The number of amides is 1. The molecule has 1 N–H and O–H groups in total. The van der Waals surface area contributed by atoms with Crippen LogP contribution in [-0.2, 0) is 28.9 Å². The molecule has 5 fully saturated rings. The highest BCUT2D eigenvalue weighted by Crippen LogP contribution is 2.62. The zero-order chi connectivity index (χ0) is 19.6. The van der Waals surface area contributed by atoms with Crippen LogP contribution in [0.3, 0.4) is 0 Å². The van der Waals surface area contributed by atoms with Crippen LogP contribution < -0.4 is 4.80 Å². The zero-order valence-corrected chi connectivity index (χ0v) is 18.0. The molecule has 2 atom stereocenters. The van der Waals surface area contributed by atoms with Crippen molar-refractivity contribution in [2.75, 3.05) is 13.2 Å². The van der Waals surface area contributed by atoms with Crippen molar-refractivity contribution >= 4 is 17.2 Å². The van der Waals surface area contributed by atoms with Crippen LogP contribution in [0.25, 0.3) is 0 Å². The fraction of sp³-hybridized carbons (Fsp3) is 0.826. The van der Waals surface area contributed by atoms with E-state index in [1.54, 1.807) is 11.3 Å². The average molecular weight is 417 g/mol. The summed E-state index contributed by atoms with van der Waals surface area (Å²) in [5.74, 6) is 1.72. The largest absolute Gasteiger partial charge is 0.390 e. The first-order valence-corrected chi connectivity index (χ1v) is 12.4. The molecule has 29 heavy (non-hydrogen) atoms. The maximum atomic E-state index is 13.6. The second kappa shape index (κ2) is 6.76. The molecule has 0 spiro atoms. The molecule has 1 aromatic rings. The molecular formula is C23H32N2O3S. The molecule has 158 valence electrons. The predicted molar refractivity (Wildman–Crippen MR) is 111 cm³/mol. The van der Waals surface area contributed by atoms with Gasteiger partial charge in [-0.25, -0.2) is 0 Å². The van der Waals surface area contributed by atoms with Gasteiger partial charge in [-0.15, -0.1) is 11.3 Å². The van der Waals surface area contributed by atoms with Crippen LogP contribution in [0.1, 0.15) is 68.4 Å². The number of rotatable bonds is 3. The van der Waals surface area contributed by atoms with E-state index in [4.69, 9.17) is 9.73 Å². The molecule has 2 unspecified atom stereocenters. The minimum absolute atomic E-state index is 0.0608. The molecule has 5 aliphatic carbocycles. The Balaban J connectivity index is 1.34. The summed E-state index contributed by atoms with van der Waals surface area (Å²) in [5, 5.41) is 11.0. The fourth-order valence-corrected chi connectivity index (χ4v) is 8.73. The summed E-state index contributed by atoms with van der Waals surface area (Å²) in [6, 6.07) is 0. The number of aryl methyl sites for hydroxylation is 1. The summed E-state index contributed by atoms with van der Waals surface area (Å²) in [6.45, 7) is 2.68. The number of hydrogen-bond donors (Lipinski definition) is 1. The topological polar surface area (TPSA) is 63.8 Å². The smallest absolute Gasteiger partial charge is 0.254 e. The molecular weight excluding hydrogens is 384 g/mol. The third-order valence-corrected chi connectivity index (χ3v) is 9.55. The Morgan fingerprint density at radius 1 is 1.17 bits per heavy atom. The van der Waals surface area contributed by atoms with E-state index >= 15 is 0 Å². The lowest BCUT2D eigenvalue weighted by atomic mass is 9.47. The Labute approximate surface area is 176 Å². The van der Waals surface area contributed by atoms with Crippen molar-refractivity contribution in [2.24, 2.45) is 28.2 Å². The molecule has 5 nitrogen and oxygen atoms in total. The first-order valence-electron chi connectivity index (χ1n) is 11.6. The van der Waals surface area contributed by atoms with Crippen LogP contribution in [0.15, 0.2) is 4.99 Å². The third-order valence-electron chi connectivity index (χ3n) is 8.37. The lowest BCUT2D eigenvalue weighted by Crippen LogP contribution is -2.58. The number of thiazole rings is 1. The van der Waals surface area contributed by atoms with Crippen LogP contribution in [0, 0.1) is 23.2 Å². The van der Waals surface area contributed by atoms with Crippen molar-refractivity contribution in [3.8, 4) is 0 Å². The van der Waals surface area contributed by atoms with Gasteiger partial charge in [0.15, 0.2) is 4.80 Å². The highest BCUT2D eigenvalue weighted by molar-refractivity contribution is 7.09. The molecule has 4 saturated carbocycles. The normalized spacial score (nSPS) is 39.3. The average Bonchev–Trinajstić information content (AvgIpc) is 3.23. The molecule has 6 aliphatic rings. The van der Waals surface area contributed by atoms with Gasteiger partial charge in [-0.2, -0.15) is 4.99 Å². The minimum atomic E-state index is -0.607. The summed E-state index contributed by atoms with van der Waals surface area (Å²) >= 11 is 1.75. The van der Waals surface area contributed by atoms with Crippen molar-refractivity contribution in [1.29, 1.82) is 0 Å². The van der Waals surface area contributed by atoms with E-state index in [1.165, 1.54) is 23.4 Å². The second-order valence-corrected chi connectivity index (χ2v) is 11.7. The van der Waals surface area contributed by atoms with Gasteiger partial charge in [0.2, 0.25) is 0 Å². The number of hydrogen-bond acceptors (Lipinski definition) is 4. The molecule has 2 heterocycles. The molecule has 1 aromatic heterocycles. The van der Waals surface area contributed by atoms with E-state index in [2.05, 4.69) is 4.57 Å². The minimum Gasteiger partial charge on any atom is -0.390 e. The molecule has 1 saturated heterocycles. The van der Waals surface area contributed by atoms with Crippen molar-refractivity contribution in [3.05, 3.63) is 15.4 Å². The highest BCUT2D eigenvalue weighted by Gasteiger charge is 2.60. The number of aromatic nitrogens is 1. The fourth-order valence-electron chi connectivity index (χ4n) is 7.50. The van der Waals surface area contributed by atoms with E-state index in [9.17, 15) is 9.90 Å². The predicted octanol–water partition coefficient (Wildman–Crippen LogP) is 3.22. The van der Waals surface area contributed by atoms with Gasteiger partial charge in [-0.3, -0.25) is 4.79 Å². The van der Waals surface area contributed by atoms with Gasteiger partial charge in [0.25, 0.3) is 5.91 Å². The zero-order valence-electron chi connectivity index (χ0n) is 17.2. The second-order valence-electron chi connectivity index (χ2n) is 10.7. The standard InChI is InChI=1S/C23H32N2O3S/c26-20(22-9-16-8-17(10-22)12-23(27,11-16)14-22)24-21-25(13-15-4-6-28-7-5-15)18-2-1-3-19(18)29-21/h15-17,27H,1-14H2/b24-21-.